The summed E-state index contributed by atoms with van der Waals surface area (Å²) in [6.45, 7) is 2.98. The van der Waals surface area contributed by atoms with Gasteiger partial charge in [0.15, 0.2) is 5.69 Å². The first-order chi connectivity index (χ1) is 11.7. The Balaban J connectivity index is 1.63. The molecule has 1 amide bonds. The van der Waals surface area contributed by atoms with Crippen LogP contribution in [0.25, 0.3) is 5.69 Å². The number of hydrogen-bond acceptors (Lipinski definition) is 4. The van der Waals surface area contributed by atoms with E-state index in [1.807, 2.05) is 55.5 Å². The fourth-order valence-electron chi connectivity index (χ4n) is 2.70. The van der Waals surface area contributed by atoms with Crippen LogP contribution in [0.1, 0.15) is 16.1 Å². The van der Waals surface area contributed by atoms with Crippen LogP contribution in [-0.4, -0.2) is 34.1 Å². The van der Waals surface area contributed by atoms with E-state index in [0.29, 0.717) is 24.6 Å². The average molecular weight is 320 g/mol. The molecular formula is C18H16N4O2. The van der Waals surface area contributed by atoms with Gasteiger partial charge in [0.25, 0.3) is 5.91 Å². The van der Waals surface area contributed by atoms with Crippen molar-refractivity contribution in [2.75, 3.05) is 18.1 Å². The number of carbonyl (C=O) groups is 1. The Morgan fingerprint density at radius 3 is 2.75 bits per heavy atom. The summed E-state index contributed by atoms with van der Waals surface area (Å²) in [6, 6.07) is 15.4. The molecule has 0 bridgehead atoms. The van der Waals surface area contributed by atoms with Crippen molar-refractivity contribution in [3.8, 4) is 11.4 Å². The topological polar surface area (TPSA) is 60.2 Å². The van der Waals surface area contributed by atoms with E-state index in [4.69, 9.17) is 4.74 Å². The Hall–Kier alpha value is -3.15. The maximum atomic E-state index is 12.8. The number of rotatable bonds is 2. The van der Waals surface area contributed by atoms with Crippen LogP contribution in [0.2, 0.25) is 0 Å². The molecule has 0 saturated carbocycles. The SMILES string of the molecule is Cc1ccc(-n2cc(C(=O)N3CCOc4ccccc43)nn2)cc1. The van der Waals surface area contributed by atoms with E-state index in [-0.39, 0.29) is 5.91 Å². The van der Waals surface area contributed by atoms with Gasteiger partial charge in [0, 0.05) is 0 Å². The molecule has 3 aromatic rings. The molecule has 0 spiro atoms. The summed E-state index contributed by atoms with van der Waals surface area (Å²) in [6.07, 6.45) is 1.66. The number of amides is 1. The van der Waals surface area contributed by atoms with Crippen LogP contribution in [-0.2, 0) is 0 Å². The second kappa shape index (κ2) is 5.81. The highest BCUT2D eigenvalue weighted by molar-refractivity contribution is 6.05. The maximum absolute atomic E-state index is 12.8. The van der Waals surface area contributed by atoms with Gasteiger partial charge in [0.2, 0.25) is 0 Å². The first-order valence-corrected chi connectivity index (χ1v) is 7.75. The smallest absolute Gasteiger partial charge is 0.280 e. The monoisotopic (exact) mass is 320 g/mol. The Morgan fingerprint density at radius 2 is 1.92 bits per heavy atom. The molecule has 4 rings (SSSR count). The first kappa shape index (κ1) is 14.4. The number of fused-ring (bicyclic) bond motifs is 1. The number of aromatic nitrogens is 3. The minimum absolute atomic E-state index is 0.177. The summed E-state index contributed by atoms with van der Waals surface area (Å²) < 4.78 is 7.20. The molecule has 120 valence electrons. The number of nitrogens with zero attached hydrogens (tertiary/aromatic N) is 4. The fourth-order valence-corrected chi connectivity index (χ4v) is 2.70. The van der Waals surface area contributed by atoms with Crippen LogP contribution in [0.15, 0.2) is 54.7 Å². The standard InChI is InChI=1S/C18H16N4O2/c1-13-6-8-14(9-7-13)22-12-15(19-20-22)18(23)21-10-11-24-17-5-3-2-4-16(17)21/h2-9,12H,10-11H2,1H3. The zero-order chi connectivity index (χ0) is 16.5. The molecule has 0 atom stereocenters. The number of benzene rings is 2. The highest BCUT2D eigenvalue weighted by Crippen LogP contribution is 2.31. The highest BCUT2D eigenvalue weighted by Gasteiger charge is 2.26. The molecule has 0 unspecified atom stereocenters. The normalized spacial score (nSPS) is 13.3. The van der Waals surface area contributed by atoms with E-state index >= 15 is 0 Å². The summed E-state index contributed by atoms with van der Waals surface area (Å²) in [5.41, 5.74) is 3.11. The van der Waals surface area contributed by atoms with Gasteiger partial charge in [-0.1, -0.05) is 35.0 Å². The first-order valence-electron chi connectivity index (χ1n) is 7.75. The summed E-state index contributed by atoms with van der Waals surface area (Å²) in [4.78, 5) is 14.5. The highest BCUT2D eigenvalue weighted by atomic mass is 16.5. The van der Waals surface area contributed by atoms with Crippen molar-refractivity contribution in [3.05, 3.63) is 66.0 Å². The molecule has 0 N–H and O–H groups in total. The lowest BCUT2D eigenvalue weighted by Gasteiger charge is -2.28. The van der Waals surface area contributed by atoms with E-state index in [0.717, 1.165) is 11.4 Å². The minimum atomic E-state index is -0.177. The Morgan fingerprint density at radius 1 is 1.12 bits per heavy atom. The molecule has 2 heterocycles. The zero-order valence-electron chi connectivity index (χ0n) is 13.2. The van der Waals surface area contributed by atoms with Gasteiger partial charge in [0.1, 0.15) is 12.4 Å². The van der Waals surface area contributed by atoms with Crippen LogP contribution in [0.3, 0.4) is 0 Å². The maximum Gasteiger partial charge on any atom is 0.280 e. The molecular weight excluding hydrogens is 304 g/mol. The van der Waals surface area contributed by atoms with Crippen molar-refractivity contribution < 1.29 is 9.53 Å². The van der Waals surface area contributed by atoms with Gasteiger partial charge < -0.3 is 4.74 Å². The molecule has 2 aromatic carbocycles. The summed E-state index contributed by atoms with van der Waals surface area (Å²) >= 11 is 0. The largest absolute Gasteiger partial charge is 0.490 e. The Kier molecular flexibility index (Phi) is 3.49. The number of aryl methyl sites for hydroxylation is 1. The van der Waals surface area contributed by atoms with Crippen molar-refractivity contribution in [2.45, 2.75) is 6.92 Å². The number of anilines is 1. The molecule has 6 heteroatoms. The third-order valence-corrected chi connectivity index (χ3v) is 3.98. The van der Waals surface area contributed by atoms with Crippen molar-refractivity contribution in [3.63, 3.8) is 0 Å². The zero-order valence-corrected chi connectivity index (χ0v) is 13.2. The van der Waals surface area contributed by atoms with Gasteiger partial charge in [-0.05, 0) is 31.2 Å². The van der Waals surface area contributed by atoms with E-state index in [2.05, 4.69) is 10.3 Å². The molecule has 1 aromatic heterocycles. The van der Waals surface area contributed by atoms with Gasteiger partial charge in [-0.3, -0.25) is 9.69 Å². The number of para-hydroxylation sites is 2. The molecule has 0 aliphatic carbocycles. The second-order valence-corrected chi connectivity index (χ2v) is 5.66. The number of carbonyl (C=O) groups excluding carboxylic acids is 1. The average Bonchev–Trinajstić information content (AvgIpc) is 3.11. The lowest BCUT2D eigenvalue weighted by atomic mass is 10.2. The predicted molar refractivity (Wildman–Crippen MR) is 89.7 cm³/mol. The van der Waals surface area contributed by atoms with Gasteiger partial charge in [-0.15, -0.1) is 5.10 Å². The van der Waals surface area contributed by atoms with Crippen molar-refractivity contribution in [2.24, 2.45) is 0 Å². The Labute approximate surface area is 139 Å². The van der Waals surface area contributed by atoms with E-state index in [1.165, 1.54) is 5.56 Å². The van der Waals surface area contributed by atoms with Gasteiger partial charge >= 0.3 is 0 Å². The van der Waals surface area contributed by atoms with E-state index in [1.54, 1.807) is 15.8 Å². The molecule has 24 heavy (non-hydrogen) atoms. The molecule has 0 fully saturated rings. The predicted octanol–water partition coefficient (Wildman–Crippen LogP) is 2.61. The van der Waals surface area contributed by atoms with Crippen LogP contribution < -0.4 is 9.64 Å². The summed E-state index contributed by atoms with van der Waals surface area (Å²) in [5, 5.41) is 8.12. The molecule has 1 aliphatic rings. The third-order valence-electron chi connectivity index (χ3n) is 3.98. The molecule has 1 aliphatic heterocycles. The third kappa shape index (κ3) is 2.52. The minimum Gasteiger partial charge on any atom is -0.490 e. The van der Waals surface area contributed by atoms with Gasteiger partial charge in [-0.2, -0.15) is 0 Å². The lowest BCUT2D eigenvalue weighted by Crippen LogP contribution is -2.38. The molecule has 0 radical (unpaired) electrons. The molecule has 6 nitrogen and oxygen atoms in total. The summed E-state index contributed by atoms with van der Waals surface area (Å²) in [5.74, 6) is 0.534. The van der Waals surface area contributed by atoms with E-state index < -0.39 is 0 Å². The van der Waals surface area contributed by atoms with Crippen LogP contribution in [0.5, 0.6) is 5.75 Å². The second-order valence-electron chi connectivity index (χ2n) is 5.66. The van der Waals surface area contributed by atoms with Crippen LogP contribution >= 0.6 is 0 Å². The number of ether oxygens (including phenoxy) is 1. The van der Waals surface area contributed by atoms with Gasteiger partial charge in [0.05, 0.1) is 24.1 Å². The van der Waals surface area contributed by atoms with Crippen molar-refractivity contribution in [1.82, 2.24) is 15.0 Å². The van der Waals surface area contributed by atoms with E-state index in [9.17, 15) is 4.79 Å². The van der Waals surface area contributed by atoms with Crippen LogP contribution in [0, 0.1) is 6.92 Å². The Bertz CT molecular complexity index is 886. The summed E-state index contributed by atoms with van der Waals surface area (Å²) in [7, 11) is 0. The van der Waals surface area contributed by atoms with Crippen molar-refractivity contribution >= 4 is 11.6 Å². The van der Waals surface area contributed by atoms with Crippen LogP contribution in [0.4, 0.5) is 5.69 Å². The lowest BCUT2D eigenvalue weighted by molar-refractivity contribution is 0.0971. The number of hydrogen-bond donors (Lipinski definition) is 0. The van der Waals surface area contributed by atoms with Crippen molar-refractivity contribution in [1.29, 1.82) is 0 Å². The fraction of sp³-hybridized carbons (Fsp3) is 0.167. The van der Waals surface area contributed by atoms with Gasteiger partial charge in [-0.25, -0.2) is 4.68 Å². The quantitative estimate of drug-likeness (QED) is 0.728. The molecule has 0 saturated heterocycles.